The van der Waals surface area contributed by atoms with Gasteiger partial charge in [0.05, 0.1) is 10.7 Å². The van der Waals surface area contributed by atoms with Gasteiger partial charge in [0.2, 0.25) is 0 Å². The lowest BCUT2D eigenvalue weighted by Crippen LogP contribution is -2.05. The first-order chi connectivity index (χ1) is 8.56. The van der Waals surface area contributed by atoms with Gasteiger partial charge in [0, 0.05) is 34.1 Å². The van der Waals surface area contributed by atoms with E-state index in [4.69, 9.17) is 6.42 Å². The van der Waals surface area contributed by atoms with E-state index in [0.717, 1.165) is 18.0 Å². The summed E-state index contributed by atoms with van der Waals surface area (Å²) in [6, 6.07) is 3.29. The number of nitrogens with zero attached hydrogens (tertiary/aromatic N) is 1. The van der Waals surface area contributed by atoms with Crippen LogP contribution in [0.1, 0.15) is 5.56 Å². The zero-order chi connectivity index (χ0) is 13.5. The summed E-state index contributed by atoms with van der Waals surface area (Å²) in [6.07, 6.45) is 5.15. The van der Waals surface area contributed by atoms with Crippen LogP contribution in [-0.2, 0) is 0 Å². The number of nitrogens with one attached hydrogen (secondary N) is 1. The second-order valence-corrected chi connectivity index (χ2v) is 5.52. The molecule has 0 spiro atoms. The van der Waals surface area contributed by atoms with E-state index in [1.54, 1.807) is 24.8 Å². The van der Waals surface area contributed by atoms with E-state index < -0.39 is 0 Å². The fourth-order valence-corrected chi connectivity index (χ4v) is 2.37. The zero-order valence-corrected chi connectivity index (χ0v) is 12.3. The molecular formula is C12H13BrN2O2S. The molecule has 0 amide bonds. The van der Waals surface area contributed by atoms with Gasteiger partial charge in [0.15, 0.2) is 0 Å². The summed E-state index contributed by atoms with van der Waals surface area (Å²) in [6.45, 7) is 2.49. The van der Waals surface area contributed by atoms with Gasteiger partial charge >= 0.3 is 0 Å². The lowest BCUT2D eigenvalue weighted by Gasteiger charge is -2.09. The van der Waals surface area contributed by atoms with E-state index in [1.165, 1.54) is 6.07 Å². The van der Waals surface area contributed by atoms with Crippen LogP contribution in [0.15, 0.2) is 16.6 Å². The van der Waals surface area contributed by atoms with Gasteiger partial charge in [0.1, 0.15) is 0 Å². The van der Waals surface area contributed by atoms with Crippen LogP contribution < -0.4 is 5.32 Å². The van der Waals surface area contributed by atoms with Crippen molar-refractivity contribution >= 4 is 39.1 Å². The molecule has 96 valence electrons. The molecule has 4 nitrogen and oxygen atoms in total. The molecule has 0 unspecified atom stereocenters. The molecule has 0 saturated heterocycles. The molecule has 0 radical (unpaired) electrons. The summed E-state index contributed by atoms with van der Waals surface area (Å²) in [5, 5.41) is 14.0. The van der Waals surface area contributed by atoms with E-state index in [-0.39, 0.29) is 10.6 Å². The third kappa shape index (κ3) is 4.24. The molecule has 0 aliphatic carbocycles. The van der Waals surface area contributed by atoms with Crippen LogP contribution in [0.25, 0.3) is 0 Å². The third-order valence-electron chi connectivity index (χ3n) is 2.23. The zero-order valence-electron chi connectivity index (χ0n) is 9.90. The van der Waals surface area contributed by atoms with Gasteiger partial charge < -0.3 is 5.32 Å². The van der Waals surface area contributed by atoms with Crippen LogP contribution in [0.4, 0.5) is 11.4 Å². The van der Waals surface area contributed by atoms with Gasteiger partial charge in [0.25, 0.3) is 5.69 Å². The number of terminal acetylenes is 1. The summed E-state index contributed by atoms with van der Waals surface area (Å²) >= 11 is 4.99. The number of halogens is 1. The molecule has 1 rings (SSSR count). The Balaban J connectivity index is 2.65. The van der Waals surface area contributed by atoms with Crippen molar-refractivity contribution in [3.05, 3.63) is 32.3 Å². The number of rotatable bonds is 6. The molecule has 6 heteroatoms. The van der Waals surface area contributed by atoms with Crippen molar-refractivity contribution in [1.29, 1.82) is 0 Å². The Morgan fingerprint density at radius 3 is 2.94 bits per heavy atom. The van der Waals surface area contributed by atoms with Crippen LogP contribution in [0, 0.1) is 29.4 Å². The molecule has 0 atom stereocenters. The minimum Gasteiger partial charge on any atom is -0.383 e. The Labute approximate surface area is 119 Å². The van der Waals surface area contributed by atoms with E-state index >= 15 is 0 Å². The largest absolute Gasteiger partial charge is 0.383 e. The van der Waals surface area contributed by atoms with Gasteiger partial charge in [-0.25, -0.2) is 0 Å². The highest BCUT2D eigenvalue weighted by Gasteiger charge is 2.13. The summed E-state index contributed by atoms with van der Waals surface area (Å²) in [4.78, 5) is 10.4. The number of nitro groups is 1. The Morgan fingerprint density at radius 2 is 2.33 bits per heavy atom. The lowest BCUT2D eigenvalue weighted by molar-refractivity contribution is -0.385. The van der Waals surface area contributed by atoms with E-state index in [0.29, 0.717) is 15.8 Å². The highest BCUT2D eigenvalue weighted by molar-refractivity contribution is 9.10. The number of nitro benzene ring substituents is 1. The van der Waals surface area contributed by atoms with Gasteiger partial charge in [-0.05, 0) is 28.9 Å². The number of benzene rings is 1. The smallest absolute Gasteiger partial charge is 0.273 e. The summed E-state index contributed by atoms with van der Waals surface area (Å²) in [5.41, 5.74) is 1.62. The molecular weight excluding hydrogens is 316 g/mol. The van der Waals surface area contributed by atoms with Crippen molar-refractivity contribution in [2.45, 2.75) is 6.92 Å². The standard InChI is InChI=1S/C12H13BrN2O2S/c1-3-5-18-6-4-14-11-7-9(2)12(15(16)17)8-10(11)13/h1,7-8,14H,4-6H2,2H3. The van der Waals surface area contributed by atoms with Gasteiger partial charge in [-0.2, -0.15) is 0 Å². The predicted octanol–water partition coefficient (Wildman–Crippen LogP) is 3.44. The van der Waals surface area contributed by atoms with Crippen LogP contribution >= 0.6 is 27.7 Å². The minimum atomic E-state index is -0.382. The SMILES string of the molecule is C#CCSCCNc1cc(C)c([N+](=O)[O-])cc1Br. The maximum atomic E-state index is 10.8. The Morgan fingerprint density at radius 1 is 1.61 bits per heavy atom. The second kappa shape index (κ2) is 7.29. The fraction of sp³-hybridized carbons (Fsp3) is 0.333. The Hall–Kier alpha value is -1.19. The van der Waals surface area contributed by atoms with Crippen molar-refractivity contribution in [1.82, 2.24) is 0 Å². The normalized spacial score (nSPS) is 9.83. The maximum Gasteiger partial charge on any atom is 0.273 e. The average Bonchev–Trinajstić information content (AvgIpc) is 2.32. The Kier molecular flexibility index (Phi) is 6.02. The fourth-order valence-electron chi connectivity index (χ4n) is 1.39. The summed E-state index contributed by atoms with van der Waals surface area (Å²) < 4.78 is 0.696. The van der Waals surface area contributed by atoms with Crippen LogP contribution in [0.2, 0.25) is 0 Å². The molecule has 18 heavy (non-hydrogen) atoms. The predicted molar refractivity (Wildman–Crippen MR) is 80.2 cm³/mol. The number of anilines is 1. The first kappa shape index (κ1) is 14.9. The molecule has 1 aromatic rings. The monoisotopic (exact) mass is 328 g/mol. The quantitative estimate of drug-likeness (QED) is 0.376. The van der Waals surface area contributed by atoms with Crippen molar-refractivity contribution in [2.24, 2.45) is 0 Å². The molecule has 0 aromatic heterocycles. The minimum absolute atomic E-state index is 0.120. The highest BCUT2D eigenvalue weighted by Crippen LogP contribution is 2.30. The molecule has 0 heterocycles. The molecule has 0 aliphatic rings. The topological polar surface area (TPSA) is 55.2 Å². The second-order valence-electron chi connectivity index (χ2n) is 3.56. The lowest BCUT2D eigenvalue weighted by atomic mass is 10.2. The van der Waals surface area contributed by atoms with E-state index in [9.17, 15) is 10.1 Å². The van der Waals surface area contributed by atoms with Crippen LogP contribution in [-0.4, -0.2) is 23.0 Å². The van der Waals surface area contributed by atoms with Gasteiger partial charge in [-0.1, -0.05) is 5.92 Å². The molecule has 1 N–H and O–H groups in total. The molecule has 1 aromatic carbocycles. The number of thioether (sulfide) groups is 1. The number of hydrogen-bond acceptors (Lipinski definition) is 4. The van der Waals surface area contributed by atoms with Crippen molar-refractivity contribution in [3.63, 3.8) is 0 Å². The van der Waals surface area contributed by atoms with Crippen molar-refractivity contribution < 1.29 is 4.92 Å². The highest BCUT2D eigenvalue weighted by atomic mass is 79.9. The van der Waals surface area contributed by atoms with Gasteiger partial charge in [-0.3, -0.25) is 10.1 Å². The van der Waals surface area contributed by atoms with E-state index in [1.807, 2.05) is 0 Å². The summed E-state index contributed by atoms with van der Waals surface area (Å²) in [5.74, 6) is 4.15. The summed E-state index contributed by atoms with van der Waals surface area (Å²) in [7, 11) is 0. The number of aryl methyl sites for hydroxylation is 1. The number of hydrogen-bond donors (Lipinski definition) is 1. The molecule has 0 bridgehead atoms. The van der Waals surface area contributed by atoms with Crippen molar-refractivity contribution in [2.75, 3.05) is 23.4 Å². The van der Waals surface area contributed by atoms with Crippen molar-refractivity contribution in [3.8, 4) is 12.3 Å². The van der Waals surface area contributed by atoms with Crippen LogP contribution in [0.3, 0.4) is 0 Å². The first-order valence-electron chi connectivity index (χ1n) is 5.26. The average molecular weight is 329 g/mol. The maximum absolute atomic E-state index is 10.8. The molecule has 0 fully saturated rings. The van der Waals surface area contributed by atoms with E-state index in [2.05, 4.69) is 27.2 Å². The molecule has 0 saturated carbocycles. The Bertz CT molecular complexity index is 486. The first-order valence-corrected chi connectivity index (χ1v) is 7.20. The van der Waals surface area contributed by atoms with Crippen LogP contribution in [0.5, 0.6) is 0 Å². The third-order valence-corrected chi connectivity index (χ3v) is 3.75. The molecule has 0 aliphatic heterocycles. The van der Waals surface area contributed by atoms with Gasteiger partial charge in [-0.15, -0.1) is 18.2 Å².